The Kier molecular flexibility index (Phi) is 8.18. The molecule has 1 aromatic carbocycles. The van der Waals surface area contributed by atoms with E-state index < -0.39 is 0 Å². The minimum Gasteiger partial charge on any atom is -0.385 e. The van der Waals surface area contributed by atoms with E-state index in [2.05, 4.69) is 5.32 Å². The average molecular weight is 284 g/mol. The Morgan fingerprint density at radius 1 is 1.15 bits per heavy atom. The summed E-state index contributed by atoms with van der Waals surface area (Å²) in [5.41, 5.74) is 1.62. The lowest BCUT2D eigenvalue weighted by atomic mass is 10.1. The van der Waals surface area contributed by atoms with E-state index in [1.54, 1.807) is 20.3 Å². The summed E-state index contributed by atoms with van der Waals surface area (Å²) in [6.07, 6.45) is 0.855. The number of hydrogen-bond donors (Lipinski definition) is 1. The summed E-state index contributed by atoms with van der Waals surface area (Å²) in [6.45, 7) is 3.28. The molecule has 0 radical (unpaired) electrons. The van der Waals surface area contributed by atoms with Crippen molar-refractivity contribution in [1.82, 2.24) is 5.32 Å². The Morgan fingerprint density at radius 3 is 2.55 bits per heavy atom. The summed E-state index contributed by atoms with van der Waals surface area (Å²) in [4.78, 5) is 2.03. The average Bonchev–Trinajstić information content (AvgIpc) is 2.44. The monoisotopic (exact) mass is 284 g/mol. The van der Waals surface area contributed by atoms with E-state index in [1.165, 1.54) is 6.07 Å². The standard InChI is InChI=1S/C15H25FN2O2/c1-17-12-13-6-4-7-14(16)15(13)18(9-11-20-3)8-5-10-19-2/h4,6-7,17H,5,8-12H2,1-3H3. The van der Waals surface area contributed by atoms with E-state index >= 15 is 0 Å². The predicted octanol–water partition coefficient (Wildman–Crippen LogP) is 2.03. The van der Waals surface area contributed by atoms with Crippen molar-refractivity contribution < 1.29 is 13.9 Å². The topological polar surface area (TPSA) is 33.7 Å². The maximum absolute atomic E-state index is 14.2. The van der Waals surface area contributed by atoms with Crippen molar-refractivity contribution in [2.24, 2.45) is 0 Å². The molecule has 0 aliphatic carbocycles. The number of para-hydroxylation sites is 1. The van der Waals surface area contributed by atoms with Crippen molar-refractivity contribution >= 4 is 5.69 Å². The number of hydrogen-bond acceptors (Lipinski definition) is 4. The first-order chi connectivity index (χ1) is 9.74. The second-order valence-corrected chi connectivity index (χ2v) is 4.60. The van der Waals surface area contributed by atoms with Gasteiger partial charge in [0.15, 0.2) is 0 Å². The molecule has 0 amide bonds. The fourth-order valence-electron chi connectivity index (χ4n) is 2.18. The number of methoxy groups -OCH3 is 2. The molecule has 1 rings (SSSR count). The minimum absolute atomic E-state index is 0.189. The molecule has 0 spiro atoms. The molecule has 0 saturated heterocycles. The van der Waals surface area contributed by atoms with Crippen LogP contribution in [0.3, 0.4) is 0 Å². The molecule has 0 unspecified atom stereocenters. The molecular weight excluding hydrogens is 259 g/mol. The smallest absolute Gasteiger partial charge is 0.146 e. The zero-order chi connectivity index (χ0) is 14.8. The van der Waals surface area contributed by atoms with Gasteiger partial charge in [0.2, 0.25) is 0 Å². The third-order valence-electron chi connectivity index (χ3n) is 3.10. The van der Waals surface area contributed by atoms with Gasteiger partial charge in [-0.15, -0.1) is 0 Å². The third-order valence-corrected chi connectivity index (χ3v) is 3.10. The summed E-state index contributed by atoms with van der Waals surface area (Å²) in [5, 5.41) is 3.08. The fraction of sp³-hybridized carbons (Fsp3) is 0.600. The first kappa shape index (κ1) is 16.9. The van der Waals surface area contributed by atoms with Gasteiger partial charge in [-0.25, -0.2) is 4.39 Å². The van der Waals surface area contributed by atoms with Crippen LogP contribution < -0.4 is 10.2 Å². The number of halogens is 1. The number of nitrogens with one attached hydrogen (secondary N) is 1. The fourth-order valence-corrected chi connectivity index (χ4v) is 2.18. The van der Waals surface area contributed by atoms with Gasteiger partial charge >= 0.3 is 0 Å². The zero-order valence-corrected chi connectivity index (χ0v) is 12.6. The summed E-state index contributed by atoms with van der Waals surface area (Å²) in [6, 6.07) is 5.20. The molecule has 1 aromatic rings. The number of ether oxygens (including phenoxy) is 2. The molecular formula is C15H25FN2O2. The van der Waals surface area contributed by atoms with Gasteiger partial charge in [-0.05, 0) is 25.1 Å². The van der Waals surface area contributed by atoms with Crippen molar-refractivity contribution in [2.45, 2.75) is 13.0 Å². The molecule has 20 heavy (non-hydrogen) atoms. The molecule has 0 aromatic heterocycles. The molecule has 0 aliphatic rings. The van der Waals surface area contributed by atoms with Gasteiger partial charge in [0.25, 0.3) is 0 Å². The first-order valence-corrected chi connectivity index (χ1v) is 6.89. The maximum atomic E-state index is 14.2. The largest absolute Gasteiger partial charge is 0.385 e. The molecule has 0 aliphatic heterocycles. The Bertz CT molecular complexity index is 388. The molecule has 0 bridgehead atoms. The normalized spacial score (nSPS) is 10.8. The second kappa shape index (κ2) is 9.69. The van der Waals surface area contributed by atoms with Crippen LogP contribution in [0.4, 0.5) is 10.1 Å². The van der Waals surface area contributed by atoms with Crippen LogP contribution in [0.25, 0.3) is 0 Å². The molecule has 114 valence electrons. The second-order valence-electron chi connectivity index (χ2n) is 4.60. The van der Waals surface area contributed by atoms with Gasteiger partial charge in [-0.3, -0.25) is 0 Å². The summed E-state index contributed by atoms with van der Waals surface area (Å²) < 4.78 is 24.4. The molecule has 0 atom stereocenters. The quantitative estimate of drug-likeness (QED) is 0.667. The van der Waals surface area contributed by atoms with E-state index in [-0.39, 0.29) is 5.82 Å². The molecule has 4 nitrogen and oxygen atoms in total. The highest BCUT2D eigenvalue weighted by atomic mass is 19.1. The van der Waals surface area contributed by atoms with Gasteiger partial charge in [-0.1, -0.05) is 12.1 Å². The van der Waals surface area contributed by atoms with Gasteiger partial charge < -0.3 is 19.7 Å². The van der Waals surface area contributed by atoms with E-state index in [1.807, 2.05) is 18.0 Å². The number of benzene rings is 1. The van der Waals surface area contributed by atoms with Gasteiger partial charge in [0.05, 0.1) is 12.3 Å². The molecule has 1 N–H and O–H groups in total. The summed E-state index contributed by atoms with van der Waals surface area (Å²) >= 11 is 0. The maximum Gasteiger partial charge on any atom is 0.146 e. The summed E-state index contributed by atoms with van der Waals surface area (Å²) in [5.74, 6) is -0.189. The molecule has 0 heterocycles. The molecule has 0 saturated carbocycles. The number of anilines is 1. The summed E-state index contributed by atoms with van der Waals surface area (Å²) in [7, 11) is 5.19. The van der Waals surface area contributed by atoms with Crippen LogP contribution in [0.1, 0.15) is 12.0 Å². The Labute approximate surface area is 120 Å². The van der Waals surface area contributed by atoms with Crippen molar-refractivity contribution in [3.8, 4) is 0 Å². The third kappa shape index (κ3) is 5.07. The first-order valence-electron chi connectivity index (χ1n) is 6.89. The van der Waals surface area contributed by atoms with Crippen LogP contribution in [0, 0.1) is 5.82 Å². The van der Waals surface area contributed by atoms with Crippen molar-refractivity contribution in [3.63, 3.8) is 0 Å². The Hall–Kier alpha value is -1.17. The van der Waals surface area contributed by atoms with Gasteiger partial charge in [0, 0.05) is 40.5 Å². The lowest BCUT2D eigenvalue weighted by Crippen LogP contribution is -2.31. The SMILES string of the molecule is CNCc1cccc(F)c1N(CCCOC)CCOC. The van der Waals surface area contributed by atoms with Crippen LogP contribution in [-0.4, -0.2) is 47.6 Å². The van der Waals surface area contributed by atoms with E-state index in [0.717, 1.165) is 18.5 Å². The van der Waals surface area contributed by atoms with Crippen LogP contribution in [-0.2, 0) is 16.0 Å². The van der Waals surface area contributed by atoms with E-state index in [4.69, 9.17) is 9.47 Å². The Balaban J connectivity index is 2.91. The van der Waals surface area contributed by atoms with Crippen molar-refractivity contribution in [1.29, 1.82) is 0 Å². The lowest BCUT2D eigenvalue weighted by molar-refractivity contribution is 0.191. The number of nitrogens with zero attached hydrogens (tertiary/aromatic N) is 1. The number of rotatable bonds is 10. The lowest BCUT2D eigenvalue weighted by Gasteiger charge is -2.27. The van der Waals surface area contributed by atoms with Crippen LogP contribution >= 0.6 is 0 Å². The Morgan fingerprint density at radius 2 is 1.90 bits per heavy atom. The molecule has 5 heteroatoms. The highest BCUT2D eigenvalue weighted by Gasteiger charge is 2.15. The zero-order valence-electron chi connectivity index (χ0n) is 12.6. The molecule has 0 fully saturated rings. The van der Waals surface area contributed by atoms with Crippen LogP contribution in [0.5, 0.6) is 0 Å². The van der Waals surface area contributed by atoms with Crippen molar-refractivity contribution in [2.75, 3.05) is 52.5 Å². The van der Waals surface area contributed by atoms with Crippen molar-refractivity contribution in [3.05, 3.63) is 29.6 Å². The van der Waals surface area contributed by atoms with Crippen LogP contribution in [0.2, 0.25) is 0 Å². The van der Waals surface area contributed by atoms with Gasteiger partial charge in [-0.2, -0.15) is 0 Å². The minimum atomic E-state index is -0.189. The predicted molar refractivity (Wildman–Crippen MR) is 79.7 cm³/mol. The van der Waals surface area contributed by atoms with Crippen LogP contribution in [0.15, 0.2) is 18.2 Å². The van der Waals surface area contributed by atoms with Gasteiger partial charge in [0.1, 0.15) is 5.82 Å². The highest BCUT2D eigenvalue weighted by Crippen LogP contribution is 2.24. The van der Waals surface area contributed by atoms with E-state index in [9.17, 15) is 4.39 Å². The highest BCUT2D eigenvalue weighted by molar-refractivity contribution is 5.55. The van der Waals surface area contributed by atoms with E-state index in [0.29, 0.717) is 32.0 Å².